The van der Waals surface area contributed by atoms with Crippen LogP contribution in [-0.4, -0.2) is 29.4 Å². The van der Waals surface area contributed by atoms with Crippen LogP contribution in [0, 0.1) is 5.41 Å². The monoisotopic (exact) mass is 389 g/mol. The second-order valence-corrected chi connectivity index (χ2v) is 8.29. The summed E-state index contributed by atoms with van der Waals surface area (Å²) in [6, 6.07) is 7.82. The number of rotatable bonds is 7. The average Bonchev–Trinajstić information content (AvgIpc) is 3.35. The van der Waals surface area contributed by atoms with Crippen molar-refractivity contribution in [1.82, 2.24) is 10.6 Å². The molecule has 1 aromatic rings. The lowest BCUT2D eigenvalue weighted by molar-refractivity contribution is -0.114. The highest BCUT2D eigenvalue weighted by Gasteiger charge is 2.39. The minimum Gasteiger partial charge on any atom is -0.387 e. The molecular weight excluding hydrogens is 362 g/mol. The lowest BCUT2D eigenvalue weighted by Crippen LogP contribution is -2.43. The lowest BCUT2D eigenvalue weighted by atomic mass is 9.90. The molecule has 2 aliphatic rings. The predicted octanol–water partition coefficient (Wildman–Crippen LogP) is 3.14. The molecule has 0 radical (unpaired) electrons. The molecule has 7 heteroatoms. The van der Waals surface area contributed by atoms with E-state index in [9.17, 15) is 4.79 Å². The van der Waals surface area contributed by atoms with E-state index in [0.717, 1.165) is 25.7 Å². The molecule has 1 amide bonds. The first-order valence-electron chi connectivity index (χ1n) is 9.50. The zero-order valence-electron chi connectivity index (χ0n) is 15.6. The van der Waals surface area contributed by atoms with E-state index in [1.807, 2.05) is 0 Å². The Morgan fingerprint density at radius 3 is 2.33 bits per heavy atom. The largest absolute Gasteiger partial charge is 0.387 e. The van der Waals surface area contributed by atoms with E-state index in [1.54, 1.807) is 30.5 Å². The Balaban J connectivity index is 1.52. The van der Waals surface area contributed by atoms with Crippen LogP contribution in [0.3, 0.4) is 0 Å². The van der Waals surface area contributed by atoms with Gasteiger partial charge in [0.25, 0.3) is 5.91 Å². The highest BCUT2D eigenvalue weighted by atomic mass is 35.5. The number of amidine groups is 1. The standard InChI is InChI=1S/C20H28ClN5O/c1-20(10-11-20)26-16-8-6-14(7-9-16)24-12-17(19(23)27)18(22)25-15-4-2-13(21)3-5-15/h2-5,12,14,16,24,26H,6-11H2,1H3,(H2,22,25)(H2,23,27)/b17-12+/t14-,16+. The third-order valence-corrected chi connectivity index (χ3v) is 5.64. The van der Waals surface area contributed by atoms with Crippen LogP contribution in [0.4, 0.5) is 5.69 Å². The Morgan fingerprint density at radius 1 is 1.19 bits per heavy atom. The predicted molar refractivity (Wildman–Crippen MR) is 110 cm³/mol. The van der Waals surface area contributed by atoms with Crippen LogP contribution in [0.1, 0.15) is 45.4 Å². The number of carbonyl (C=O) groups excluding carboxylic acids is 1. The Hall–Kier alpha value is -2.05. The zero-order valence-corrected chi connectivity index (χ0v) is 16.4. The molecule has 0 heterocycles. The normalized spacial score (nSPS) is 24.1. The molecule has 0 bridgehead atoms. The second-order valence-electron chi connectivity index (χ2n) is 7.85. The van der Waals surface area contributed by atoms with Gasteiger partial charge in [-0.25, -0.2) is 0 Å². The molecule has 3 rings (SSSR count). The van der Waals surface area contributed by atoms with Crippen molar-refractivity contribution in [2.45, 2.75) is 63.1 Å². The quantitative estimate of drug-likeness (QED) is 0.281. The zero-order chi connectivity index (χ0) is 19.4. The maximum Gasteiger partial charge on any atom is 0.253 e. The Morgan fingerprint density at radius 2 is 1.78 bits per heavy atom. The molecule has 0 saturated heterocycles. The van der Waals surface area contributed by atoms with Crippen LogP contribution in [0.5, 0.6) is 0 Å². The summed E-state index contributed by atoms with van der Waals surface area (Å²) >= 11 is 5.86. The fourth-order valence-corrected chi connectivity index (χ4v) is 3.57. The molecule has 0 unspecified atom stereocenters. The molecule has 2 fully saturated rings. The molecule has 0 spiro atoms. The summed E-state index contributed by atoms with van der Waals surface area (Å²) in [6.45, 7) is 2.29. The van der Waals surface area contributed by atoms with Crippen LogP contribution >= 0.6 is 11.6 Å². The van der Waals surface area contributed by atoms with Crippen molar-refractivity contribution in [3.05, 3.63) is 41.1 Å². The summed E-state index contributed by atoms with van der Waals surface area (Å²) in [4.78, 5) is 11.8. The van der Waals surface area contributed by atoms with Crippen molar-refractivity contribution >= 4 is 29.0 Å². The maximum atomic E-state index is 11.8. The fourth-order valence-electron chi connectivity index (χ4n) is 3.44. The summed E-state index contributed by atoms with van der Waals surface area (Å²) in [6.07, 6.45) is 8.44. The summed E-state index contributed by atoms with van der Waals surface area (Å²) < 4.78 is 0. The number of benzene rings is 1. The van der Waals surface area contributed by atoms with Gasteiger partial charge in [-0.05, 0) is 69.7 Å². The first-order chi connectivity index (χ1) is 12.8. The highest BCUT2D eigenvalue weighted by molar-refractivity contribution is 6.30. The van der Waals surface area contributed by atoms with E-state index in [-0.39, 0.29) is 11.4 Å². The van der Waals surface area contributed by atoms with Crippen molar-refractivity contribution in [2.75, 3.05) is 5.32 Å². The minimum atomic E-state index is -0.633. The summed E-state index contributed by atoms with van der Waals surface area (Å²) in [5, 5.41) is 18.7. The van der Waals surface area contributed by atoms with Crippen LogP contribution in [0.2, 0.25) is 5.02 Å². The van der Waals surface area contributed by atoms with E-state index in [0.29, 0.717) is 28.3 Å². The molecule has 146 valence electrons. The van der Waals surface area contributed by atoms with Gasteiger partial charge in [-0.15, -0.1) is 0 Å². The van der Waals surface area contributed by atoms with Crippen LogP contribution in [-0.2, 0) is 4.79 Å². The minimum absolute atomic E-state index is 0.0330. The van der Waals surface area contributed by atoms with Gasteiger partial charge in [-0.2, -0.15) is 0 Å². The molecule has 0 atom stereocenters. The van der Waals surface area contributed by atoms with Gasteiger partial charge in [-0.3, -0.25) is 10.2 Å². The molecule has 1 aromatic carbocycles. The van der Waals surface area contributed by atoms with E-state index in [4.69, 9.17) is 22.7 Å². The van der Waals surface area contributed by atoms with Gasteiger partial charge in [0.15, 0.2) is 0 Å². The molecule has 27 heavy (non-hydrogen) atoms. The lowest BCUT2D eigenvalue weighted by Gasteiger charge is -2.31. The molecule has 6 nitrogen and oxygen atoms in total. The van der Waals surface area contributed by atoms with Gasteiger partial charge >= 0.3 is 0 Å². The number of hydrogen-bond acceptors (Lipinski definition) is 4. The van der Waals surface area contributed by atoms with Gasteiger partial charge in [0, 0.05) is 34.5 Å². The smallest absolute Gasteiger partial charge is 0.253 e. The Kier molecular flexibility index (Phi) is 6.07. The van der Waals surface area contributed by atoms with E-state index >= 15 is 0 Å². The number of anilines is 1. The van der Waals surface area contributed by atoms with Gasteiger partial charge in [0.2, 0.25) is 0 Å². The van der Waals surface area contributed by atoms with Gasteiger partial charge in [0.05, 0.1) is 5.57 Å². The van der Waals surface area contributed by atoms with Crippen molar-refractivity contribution in [2.24, 2.45) is 5.73 Å². The van der Waals surface area contributed by atoms with Gasteiger partial charge in [0.1, 0.15) is 5.84 Å². The fraction of sp³-hybridized carbons (Fsp3) is 0.500. The molecule has 0 aromatic heterocycles. The van der Waals surface area contributed by atoms with E-state index in [1.165, 1.54) is 12.8 Å². The molecule has 2 saturated carbocycles. The number of hydrogen-bond donors (Lipinski definition) is 5. The number of carbonyl (C=O) groups is 1. The summed E-state index contributed by atoms with van der Waals surface area (Å²) in [7, 11) is 0. The van der Waals surface area contributed by atoms with Crippen LogP contribution in [0.15, 0.2) is 36.0 Å². The summed E-state index contributed by atoms with van der Waals surface area (Å²) in [5.41, 5.74) is 6.65. The third-order valence-electron chi connectivity index (χ3n) is 5.39. The molecule has 6 N–H and O–H groups in total. The van der Waals surface area contributed by atoms with Crippen molar-refractivity contribution < 1.29 is 4.79 Å². The van der Waals surface area contributed by atoms with Crippen molar-refractivity contribution in [3.63, 3.8) is 0 Å². The van der Waals surface area contributed by atoms with Crippen molar-refractivity contribution in [1.29, 1.82) is 5.41 Å². The topological polar surface area (TPSA) is 103 Å². The Bertz CT molecular complexity index is 718. The summed E-state index contributed by atoms with van der Waals surface area (Å²) in [5.74, 6) is -0.666. The highest BCUT2D eigenvalue weighted by Crippen LogP contribution is 2.36. The average molecular weight is 390 g/mol. The second kappa shape index (κ2) is 8.31. The third kappa shape index (κ3) is 5.71. The number of amides is 1. The SMILES string of the molecule is CC1(N[C@H]2CC[C@@H](N/C=C(\C(=N)Nc3ccc(Cl)cc3)C(N)=O)CC2)CC1. The van der Waals surface area contributed by atoms with Gasteiger partial charge < -0.3 is 21.7 Å². The number of primary amides is 1. The molecule has 0 aliphatic heterocycles. The number of halogens is 1. The number of nitrogens with two attached hydrogens (primary N) is 1. The first-order valence-corrected chi connectivity index (χ1v) is 9.88. The molecular formula is C20H28ClN5O. The van der Waals surface area contributed by atoms with Crippen molar-refractivity contribution in [3.8, 4) is 0 Å². The van der Waals surface area contributed by atoms with E-state index in [2.05, 4.69) is 22.9 Å². The van der Waals surface area contributed by atoms with Crippen LogP contribution < -0.4 is 21.7 Å². The van der Waals surface area contributed by atoms with E-state index < -0.39 is 5.91 Å². The maximum absolute atomic E-state index is 11.8. The molecule has 2 aliphatic carbocycles. The van der Waals surface area contributed by atoms with Gasteiger partial charge in [-0.1, -0.05) is 11.6 Å². The van der Waals surface area contributed by atoms with Crippen LogP contribution in [0.25, 0.3) is 0 Å². The number of nitrogens with one attached hydrogen (secondary N) is 4. The first kappa shape index (κ1) is 19.7. The Labute approximate surface area is 165 Å².